The van der Waals surface area contributed by atoms with Gasteiger partial charge in [-0.1, -0.05) is 52.3 Å². The number of rotatable bonds is 6. The van der Waals surface area contributed by atoms with Gasteiger partial charge in [0.2, 0.25) is 0 Å². The van der Waals surface area contributed by atoms with Gasteiger partial charge in [-0.15, -0.1) is 0 Å². The first-order chi connectivity index (χ1) is 16.0. The summed E-state index contributed by atoms with van der Waals surface area (Å²) in [6.07, 6.45) is 1.42. The number of imide groups is 2. The van der Waals surface area contributed by atoms with E-state index in [-0.39, 0.29) is 5.57 Å². The lowest BCUT2D eigenvalue weighted by Crippen LogP contribution is -2.54. The quantitative estimate of drug-likeness (QED) is 0.386. The van der Waals surface area contributed by atoms with Gasteiger partial charge in [0.05, 0.1) is 12.8 Å². The summed E-state index contributed by atoms with van der Waals surface area (Å²) >= 11 is 3.32. The Hall–Kier alpha value is -3.91. The molecular formula is C25H19BrN2O5. The van der Waals surface area contributed by atoms with E-state index in [1.807, 2.05) is 30.3 Å². The van der Waals surface area contributed by atoms with E-state index >= 15 is 0 Å². The summed E-state index contributed by atoms with van der Waals surface area (Å²) in [5, 5.41) is 2.21. The summed E-state index contributed by atoms with van der Waals surface area (Å²) in [6, 6.07) is 20.6. The average molecular weight is 507 g/mol. The van der Waals surface area contributed by atoms with Gasteiger partial charge in [-0.3, -0.25) is 14.9 Å². The van der Waals surface area contributed by atoms with Gasteiger partial charge >= 0.3 is 6.03 Å². The van der Waals surface area contributed by atoms with E-state index in [9.17, 15) is 14.4 Å². The molecule has 0 saturated carbocycles. The van der Waals surface area contributed by atoms with Crippen molar-refractivity contribution in [2.75, 3.05) is 12.0 Å². The Labute approximate surface area is 198 Å². The number of hydrogen-bond acceptors (Lipinski definition) is 5. The Balaban J connectivity index is 1.60. The predicted molar refractivity (Wildman–Crippen MR) is 127 cm³/mol. The molecule has 3 aromatic rings. The maximum Gasteiger partial charge on any atom is 0.335 e. The molecule has 0 spiro atoms. The topological polar surface area (TPSA) is 84.9 Å². The van der Waals surface area contributed by atoms with Crippen LogP contribution in [0.1, 0.15) is 11.1 Å². The number of halogens is 1. The van der Waals surface area contributed by atoms with Gasteiger partial charge in [-0.25, -0.2) is 9.69 Å². The van der Waals surface area contributed by atoms with Crippen LogP contribution < -0.4 is 19.7 Å². The molecule has 7 nitrogen and oxygen atoms in total. The minimum atomic E-state index is -0.799. The summed E-state index contributed by atoms with van der Waals surface area (Å²) in [5.41, 5.74) is 1.73. The van der Waals surface area contributed by atoms with Gasteiger partial charge in [-0.2, -0.15) is 0 Å². The number of nitrogens with zero attached hydrogens (tertiary/aromatic N) is 1. The van der Waals surface area contributed by atoms with Crippen LogP contribution >= 0.6 is 15.9 Å². The van der Waals surface area contributed by atoms with E-state index in [0.29, 0.717) is 29.4 Å². The van der Waals surface area contributed by atoms with Crippen LogP contribution in [0.3, 0.4) is 0 Å². The Morgan fingerprint density at radius 1 is 0.939 bits per heavy atom. The molecule has 0 aromatic heterocycles. The molecule has 166 valence electrons. The first-order valence-electron chi connectivity index (χ1n) is 9.98. The Morgan fingerprint density at radius 2 is 1.67 bits per heavy atom. The lowest BCUT2D eigenvalue weighted by Gasteiger charge is -2.26. The van der Waals surface area contributed by atoms with Crippen molar-refractivity contribution in [2.45, 2.75) is 6.61 Å². The van der Waals surface area contributed by atoms with Crippen LogP contribution in [0.4, 0.5) is 10.5 Å². The fourth-order valence-electron chi connectivity index (χ4n) is 3.28. The van der Waals surface area contributed by atoms with Gasteiger partial charge < -0.3 is 9.47 Å². The Kier molecular flexibility index (Phi) is 6.55. The van der Waals surface area contributed by atoms with Crippen LogP contribution in [0.15, 0.2) is 82.8 Å². The highest BCUT2D eigenvalue weighted by Gasteiger charge is 2.36. The molecule has 0 bridgehead atoms. The maximum absolute atomic E-state index is 13.0. The minimum Gasteiger partial charge on any atom is -0.493 e. The van der Waals surface area contributed by atoms with Crippen molar-refractivity contribution in [3.05, 3.63) is 94.0 Å². The van der Waals surface area contributed by atoms with Gasteiger partial charge in [0.25, 0.3) is 11.8 Å². The normalized spacial score (nSPS) is 14.9. The maximum atomic E-state index is 13.0. The van der Waals surface area contributed by atoms with Crippen molar-refractivity contribution in [1.82, 2.24) is 5.32 Å². The monoisotopic (exact) mass is 506 g/mol. The van der Waals surface area contributed by atoms with Gasteiger partial charge in [0.15, 0.2) is 11.5 Å². The fourth-order valence-corrected chi connectivity index (χ4v) is 3.54. The van der Waals surface area contributed by atoms with Gasteiger partial charge in [0, 0.05) is 4.47 Å². The molecular weight excluding hydrogens is 488 g/mol. The third kappa shape index (κ3) is 4.96. The number of benzene rings is 3. The summed E-state index contributed by atoms with van der Waals surface area (Å²) in [4.78, 5) is 38.7. The number of urea groups is 1. The van der Waals surface area contributed by atoms with Crippen molar-refractivity contribution in [2.24, 2.45) is 0 Å². The molecule has 0 radical (unpaired) electrons. The molecule has 3 aromatic carbocycles. The molecule has 4 amide bonds. The van der Waals surface area contributed by atoms with Crippen molar-refractivity contribution in [3.63, 3.8) is 0 Å². The Bertz CT molecular complexity index is 1240. The van der Waals surface area contributed by atoms with Crippen LogP contribution in [0.2, 0.25) is 0 Å². The second-order valence-electron chi connectivity index (χ2n) is 7.12. The van der Waals surface area contributed by atoms with E-state index in [2.05, 4.69) is 21.2 Å². The second kappa shape index (κ2) is 9.70. The minimum absolute atomic E-state index is 0.169. The standard InChI is InChI=1S/C25H19BrN2O5/c1-32-22-14-17(7-12-21(22)33-15-16-5-3-2-4-6-16)13-20-23(29)27-25(31)28(24(20)30)19-10-8-18(26)9-11-19/h2-14H,15H2,1H3,(H,27,29,31)/b20-13+. The van der Waals surface area contributed by atoms with E-state index in [1.54, 1.807) is 42.5 Å². The smallest absolute Gasteiger partial charge is 0.335 e. The number of nitrogens with one attached hydrogen (secondary N) is 1. The summed E-state index contributed by atoms with van der Waals surface area (Å²) in [7, 11) is 1.51. The SMILES string of the molecule is COc1cc(/C=C2\C(=O)NC(=O)N(c3ccc(Br)cc3)C2=O)ccc1OCc1ccccc1. The van der Waals surface area contributed by atoms with Crippen molar-refractivity contribution in [3.8, 4) is 11.5 Å². The molecule has 1 saturated heterocycles. The molecule has 0 unspecified atom stereocenters. The molecule has 8 heteroatoms. The second-order valence-corrected chi connectivity index (χ2v) is 8.03. The summed E-state index contributed by atoms with van der Waals surface area (Å²) in [6.45, 7) is 0.364. The van der Waals surface area contributed by atoms with Crippen LogP contribution in [0.25, 0.3) is 6.08 Å². The lowest BCUT2D eigenvalue weighted by atomic mass is 10.1. The fraction of sp³-hybridized carbons (Fsp3) is 0.0800. The third-order valence-corrected chi connectivity index (χ3v) is 5.45. The number of hydrogen-bond donors (Lipinski definition) is 1. The summed E-state index contributed by atoms with van der Waals surface area (Å²) < 4.78 is 12.1. The molecule has 0 aliphatic carbocycles. The lowest BCUT2D eigenvalue weighted by molar-refractivity contribution is -0.122. The highest BCUT2D eigenvalue weighted by atomic mass is 79.9. The molecule has 1 aliphatic heterocycles. The van der Waals surface area contributed by atoms with Gasteiger partial charge in [-0.05, 0) is 53.6 Å². The van der Waals surface area contributed by atoms with E-state index in [0.717, 1.165) is 14.9 Å². The highest BCUT2D eigenvalue weighted by Crippen LogP contribution is 2.30. The molecule has 1 N–H and O–H groups in total. The van der Waals surface area contributed by atoms with Gasteiger partial charge in [0.1, 0.15) is 12.2 Å². The summed E-state index contributed by atoms with van der Waals surface area (Å²) in [5.74, 6) is -0.504. The number of ether oxygens (including phenoxy) is 2. The van der Waals surface area contributed by atoms with Crippen molar-refractivity contribution in [1.29, 1.82) is 0 Å². The van der Waals surface area contributed by atoms with E-state index in [1.165, 1.54) is 13.2 Å². The number of methoxy groups -OCH3 is 1. The van der Waals surface area contributed by atoms with Crippen LogP contribution in [0, 0.1) is 0 Å². The zero-order valence-electron chi connectivity index (χ0n) is 17.6. The molecule has 33 heavy (non-hydrogen) atoms. The average Bonchev–Trinajstić information content (AvgIpc) is 2.82. The molecule has 1 aliphatic rings. The molecule has 1 fully saturated rings. The number of carbonyl (C=O) groups is 3. The van der Waals surface area contributed by atoms with Crippen molar-refractivity contribution >= 4 is 45.5 Å². The zero-order chi connectivity index (χ0) is 23.4. The number of anilines is 1. The zero-order valence-corrected chi connectivity index (χ0v) is 19.2. The van der Waals surface area contributed by atoms with E-state index in [4.69, 9.17) is 9.47 Å². The number of amides is 4. The molecule has 4 rings (SSSR count). The number of carbonyl (C=O) groups excluding carboxylic acids is 3. The molecule has 0 atom stereocenters. The first-order valence-corrected chi connectivity index (χ1v) is 10.8. The first kappa shape index (κ1) is 22.3. The van der Waals surface area contributed by atoms with Crippen molar-refractivity contribution < 1.29 is 23.9 Å². The molecule has 1 heterocycles. The van der Waals surface area contributed by atoms with Crippen LogP contribution in [0.5, 0.6) is 11.5 Å². The van der Waals surface area contributed by atoms with Crippen LogP contribution in [-0.4, -0.2) is 25.0 Å². The van der Waals surface area contributed by atoms with E-state index < -0.39 is 17.8 Å². The third-order valence-electron chi connectivity index (χ3n) is 4.92. The Morgan fingerprint density at radius 3 is 2.36 bits per heavy atom. The van der Waals surface area contributed by atoms with Crippen LogP contribution in [-0.2, 0) is 16.2 Å². The predicted octanol–water partition coefficient (Wildman–Crippen LogP) is 4.70. The highest BCUT2D eigenvalue weighted by molar-refractivity contribution is 9.10. The largest absolute Gasteiger partial charge is 0.493 e. The number of barbiturate groups is 1.